The van der Waals surface area contributed by atoms with Crippen LogP contribution < -0.4 is 10.1 Å². The number of aliphatic hydroxyl groups excluding tert-OH is 1. The van der Waals surface area contributed by atoms with E-state index in [0.717, 1.165) is 43.8 Å². The Morgan fingerprint density at radius 1 is 1.00 bits per heavy atom. The van der Waals surface area contributed by atoms with Gasteiger partial charge in [0.25, 0.3) is 0 Å². The SMILES string of the molecule is O[C@@H]1[C@@H](N2CCc3ccccc3C2)[C@H](NCc2cccnc2)C[C@H]1Oc1ccccc1. The maximum absolute atomic E-state index is 11.4. The van der Waals surface area contributed by atoms with Crippen molar-refractivity contribution in [2.45, 2.75) is 50.2 Å². The third kappa shape index (κ3) is 4.49. The van der Waals surface area contributed by atoms with Crippen molar-refractivity contribution in [2.24, 2.45) is 0 Å². The van der Waals surface area contributed by atoms with Gasteiger partial charge in [-0.1, -0.05) is 48.5 Å². The summed E-state index contributed by atoms with van der Waals surface area (Å²) in [5.74, 6) is 0.808. The summed E-state index contributed by atoms with van der Waals surface area (Å²) in [5, 5.41) is 15.1. The third-order valence-corrected chi connectivity index (χ3v) is 6.53. The number of rotatable bonds is 6. The molecule has 5 rings (SSSR count). The maximum Gasteiger partial charge on any atom is 0.128 e. The van der Waals surface area contributed by atoms with E-state index in [-0.39, 0.29) is 18.2 Å². The molecule has 3 aromatic rings. The van der Waals surface area contributed by atoms with E-state index in [2.05, 4.69) is 45.5 Å². The van der Waals surface area contributed by atoms with Gasteiger partial charge in [-0.2, -0.15) is 0 Å². The van der Waals surface area contributed by atoms with Gasteiger partial charge in [0.15, 0.2) is 0 Å². The number of aromatic nitrogens is 1. The molecule has 5 nitrogen and oxygen atoms in total. The number of hydrogen-bond acceptors (Lipinski definition) is 5. The van der Waals surface area contributed by atoms with Gasteiger partial charge in [-0.05, 0) is 41.3 Å². The normalized spacial score (nSPS) is 25.8. The molecule has 1 aliphatic carbocycles. The lowest BCUT2D eigenvalue weighted by molar-refractivity contribution is 0.00236. The van der Waals surface area contributed by atoms with Crippen molar-refractivity contribution in [3.63, 3.8) is 0 Å². The molecule has 1 aliphatic heterocycles. The van der Waals surface area contributed by atoms with E-state index in [0.29, 0.717) is 0 Å². The van der Waals surface area contributed by atoms with Crippen LogP contribution in [0.4, 0.5) is 0 Å². The Labute approximate surface area is 183 Å². The van der Waals surface area contributed by atoms with Crippen LogP contribution in [-0.4, -0.2) is 45.8 Å². The number of aliphatic hydroxyl groups is 1. The fourth-order valence-corrected chi connectivity index (χ4v) is 4.98. The van der Waals surface area contributed by atoms with E-state index in [1.165, 1.54) is 11.1 Å². The monoisotopic (exact) mass is 415 g/mol. The molecule has 0 saturated heterocycles. The van der Waals surface area contributed by atoms with Crippen LogP contribution in [-0.2, 0) is 19.5 Å². The van der Waals surface area contributed by atoms with Crippen molar-refractivity contribution < 1.29 is 9.84 Å². The first-order valence-electron chi connectivity index (χ1n) is 11.1. The van der Waals surface area contributed by atoms with Gasteiger partial charge in [0.1, 0.15) is 18.0 Å². The molecule has 2 N–H and O–H groups in total. The molecule has 0 bridgehead atoms. The summed E-state index contributed by atoms with van der Waals surface area (Å²) in [5.41, 5.74) is 3.93. The third-order valence-electron chi connectivity index (χ3n) is 6.53. The lowest BCUT2D eigenvalue weighted by Gasteiger charge is -2.38. The molecule has 1 saturated carbocycles. The second-order valence-corrected chi connectivity index (χ2v) is 8.52. The number of fused-ring (bicyclic) bond motifs is 1. The van der Waals surface area contributed by atoms with Gasteiger partial charge in [0, 0.05) is 44.5 Å². The summed E-state index contributed by atoms with van der Waals surface area (Å²) < 4.78 is 6.23. The van der Waals surface area contributed by atoms with Crippen LogP contribution in [0.25, 0.3) is 0 Å². The second-order valence-electron chi connectivity index (χ2n) is 8.52. The maximum atomic E-state index is 11.4. The highest BCUT2D eigenvalue weighted by atomic mass is 16.5. The molecular formula is C26H29N3O2. The summed E-state index contributed by atoms with van der Waals surface area (Å²) >= 11 is 0. The van der Waals surface area contributed by atoms with Gasteiger partial charge in [-0.25, -0.2) is 0 Å². The molecule has 2 heterocycles. The molecule has 0 amide bonds. The molecule has 4 atom stereocenters. The quantitative estimate of drug-likeness (QED) is 0.648. The molecule has 1 fully saturated rings. The van der Waals surface area contributed by atoms with Crippen LogP contribution in [0, 0.1) is 0 Å². The number of nitrogens with one attached hydrogen (secondary N) is 1. The smallest absolute Gasteiger partial charge is 0.128 e. The molecule has 31 heavy (non-hydrogen) atoms. The average molecular weight is 416 g/mol. The van der Waals surface area contributed by atoms with E-state index in [1.54, 1.807) is 6.20 Å². The lowest BCUT2D eigenvalue weighted by atomic mass is 9.97. The Balaban J connectivity index is 1.35. The first kappa shape index (κ1) is 20.2. The summed E-state index contributed by atoms with van der Waals surface area (Å²) in [6, 6.07) is 22.6. The zero-order valence-electron chi connectivity index (χ0n) is 17.6. The topological polar surface area (TPSA) is 57.6 Å². The van der Waals surface area contributed by atoms with Gasteiger partial charge < -0.3 is 15.2 Å². The molecule has 1 aromatic heterocycles. The number of pyridine rings is 1. The Hall–Kier alpha value is -2.73. The molecule has 5 heteroatoms. The van der Waals surface area contributed by atoms with Crippen LogP contribution >= 0.6 is 0 Å². The Kier molecular flexibility index (Phi) is 5.98. The van der Waals surface area contributed by atoms with E-state index in [1.807, 2.05) is 42.6 Å². The Morgan fingerprint density at radius 3 is 2.61 bits per heavy atom. The first-order valence-corrected chi connectivity index (χ1v) is 11.1. The zero-order chi connectivity index (χ0) is 21.0. The number of benzene rings is 2. The van der Waals surface area contributed by atoms with E-state index < -0.39 is 6.10 Å². The van der Waals surface area contributed by atoms with Gasteiger partial charge in [0.05, 0.1) is 6.04 Å². The molecule has 2 aromatic carbocycles. The van der Waals surface area contributed by atoms with Crippen molar-refractivity contribution in [1.29, 1.82) is 0 Å². The first-order chi connectivity index (χ1) is 15.3. The molecule has 0 radical (unpaired) electrons. The van der Waals surface area contributed by atoms with Crippen molar-refractivity contribution in [3.8, 4) is 5.75 Å². The van der Waals surface area contributed by atoms with Crippen LogP contribution in [0.3, 0.4) is 0 Å². The van der Waals surface area contributed by atoms with Crippen LogP contribution in [0.15, 0.2) is 79.1 Å². The fourth-order valence-electron chi connectivity index (χ4n) is 4.98. The largest absolute Gasteiger partial charge is 0.488 e. The zero-order valence-corrected chi connectivity index (χ0v) is 17.6. The minimum absolute atomic E-state index is 0.00117. The summed E-state index contributed by atoms with van der Waals surface area (Å²) in [6.45, 7) is 2.53. The molecule has 2 aliphatic rings. The Morgan fingerprint density at radius 2 is 1.81 bits per heavy atom. The minimum atomic E-state index is -0.558. The van der Waals surface area contributed by atoms with Gasteiger partial charge in [-0.3, -0.25) is 9.88 Å². The van der Waals surface area contributed by atoms with Crippen LogP contribution in [0.1, 0.15) is 23.1 Å². The highest BCUT2D eigenvalue weighted by Crippen LogP contribution is 2.32. The van der Waals surface area contributed by atoms with Gasteiger partial charge in [-0.15, -0.1) is 0 Å². The molecular weight excluding hydrogens is 386 g/mol. The molecule has 160 valence electrons. The van der Waals surface area contributed by atoms with Crippen molar-refractivity contribution in [1.82, 2.24) is 15.2 Å². The second kappa shape index (κ2) is 9.18. The minimum Gasteiger partial charge on any atom is -0.488 e. The van der Waals surface area contributed by atoms with Crippen LogP contribution in [0.5, 0.6) is 5.75 Å². The summed E-state index contributed by atoms with van der Waals surface area (Å²) in [6.07, 6.45) is 4.66. The van der Waals surface area contributed by atoms with Gasteiger partial charge in [0.2, 0.25) is 0 Å². The summed E-state index contributed by atoms with van der Waals surface area (Å²) in [4.78, 5) is 6.66. The van der Waals surface area contributed by atoms with E-state index >= 15 is 0 Å². The summed E-state index contributed by atoms with van der Waals surface area (Å²) in [7, 11) is 0. The lowest BCUT2D eigenvalue weighted by Crippen LogP contribution is -2.53. The Bertz CT molecular complexity index is 982. The van der Waals surface area contributed by atoms with Crippen molar-refractivity contribution in [3.05, 3.63) is 95.8 Å². The number of ether oxygens (including phenoxy) is 1. The standard InChI is InChI=1S/C26H29N3O2/c30-26-24(31-22-10-2-1-3-11-22)15-23(28-17-19-7-6-13-27-16-19)25(26)29-14-12-20-8-4-5-9-21(20)18-29/h1-11,13,16,23-26,28,30H,12,14-15,17-18H2/t23-,24-,25+,26+/m1/s1. The number of nitrogens with zero attached hydrogens (tertiary/aromatic N) is 2. The fraction of sp³-hybridized carbons (Fsp3) is 0.346. The van der Waals surface area contributed by atoms with E-state index in [4.69, 9.17) is 4.74 Å². The van der Waals surface area contributed by atoms with E-state index in [9.17, 15) is 5.11 Å². The highest BCUT2D eigenvalue weighted by Gasteiger charge is 2.47. The van der Waals surface area contributed by atoms with Crippen LogP contribution in [0.2, 0.25) is 0 Å². The molecule has 0 spiro atoms. The number of hydrogen-bond donors (Lipinski definition) is 2. The van der Waals surface area contributed by atoms with Gasteiger partial charge >= 0.3 is 0 Å². The molecule has 0 unspecified atom stereocenters. The van der Waals surface area contributed by atoms with Crippen molar-refractivity contribution >= 4 is 0 Å². The highest BCUT2D eigenvalue weighted by molar-refractivity contribution is 5.30. The average Bonchev–Trinajstić information content (AvgIpc) is 3.13. The number of para-hydroxylation sites is 1. The predicted molar refractivity (Wildman–Crippen MR) is 121 cm³/mol. The van der Waals surface area contributed by atoms with Crippen molar-refractivity contribution in [2.75, 3.05) is 6.54 Å². The predicted octanol–water partition coefficient (Wildman–Crippen LogP) is 3.18.